The van der Waals surface area contributed by atoms with Crippen molar-refractivity contribution in [1.29, 1.82) is 0 Å². The van der Waals surface area contributed by atoms with Gasteiger partial charge in [-0.3, -0.25) is 10.3 Å². The highest BCUT2D eigenvalue weighted by atomic mass is 16.6. The molecule has 8 nitrogen and oxygen atoms in total. The first-order valence-electron chi connectivity index (χ1n) is 9.58. The van der Waals surface area contributed by atoms with Crippen LogP contribution in [-0.2, 0) is 16.0 Å². The van der Waals surface area contributed by atoms with Crippen LogP contribution in [0.5, 0.6) is 0 Å². The van der Waals surface area contributed by atoms with Crippen molar-refractivity contribution in [2.24, 2.45) is 0 Å². The van der Waals surface area contributed by atoms with Crippen LogP contribution in [0, 0.1) is 0 Å². The van der Waals surface area contributed by atoms with E-state index in [4.69, 9.17) is 9.47 Å². The van der Waals surface area contributed by atoms with Gasteiger partial charge in [-0.25, -0.2) is 9.59 Å². The highest BCUT2D eigenvalue weighted by Crippen LogP contribution is 2.14. The Kier molecular flexibility index (Phi) is 9.18. The van der Waals surface area contributed by atoms with E-state index in [1.54, 1.807) is 18.3 Å². The van der Waals surface area contributed by atoms with Crippen LogP contribution in [0.1, 0.15) is 60.1 Å². The lowest BCUT2D eigenvalue weighted by molar-refractivity contribution is 0.0526. The summed E-state index contributed by atoms with van der Waals surface area (Å²) >= 11 is 0. The number of unbranched alkanes of at least 4 members (excludes halogenated alkanes) is 1. The van der Waals surface area contributed by atoms with E-state index < -0.39 is 23.4 Å². The second-order valence-corrected chi connectivity index (χ2v) is 8.44. The van der Waals surface area contributed by atoms with Crippen molar-refractivity contribution >= 4 is 17.9 Å². The third kappa shape index (κ3) is 11.4. The van der Waals surface area contributed by atoms with Crippen molar-refractivity contribution in [3.63, 3.8) is 0 Å². The molecule has 0 atom stereocenters. The van der Waals surface area contributed by atoms with E-state index in [-0.39, 0.29) is 0 Å². The summed E-state index contributed by atoms with van der Waals surface area (Å²) in [7, 11) is 0. The first-order chi connectivity index (χ1) is 13.0. The first-order valence-corrected chi connectivity index (χ1v) is 9.58. The van der Waals surface area contributed by atoms with Gasteiger partial charge in [-0.2, -0.15) is 0 Å². The van der Waals surface area contributed by atoms with Crippen LogP contribution in [0.15, 0.2) is 18.3 Å². The highest BCUT2D eigenvalue weighted by Gasteiger charge is 2.17. The summed E-state index contributed by atoms with van der Waals surface area (Å²) in [4.78, 5) is 27.8. The monoisotopic (exact) mass is 394 g/mol. The highest BCUT2D eigenvalue weighted by molar-refractivity contribution is 5.85. The molecule has 0 radical (unpaired) electrons. The van der Waals surface area contributed by atoms with Crippen molar-refractivity contribution < 1.29 is 19.1 Å². The van der Waals surface area contributed by atoms with Gasteiger partial charge in [0.2, 0.25) is 0 Å². The number of hydrogen-bond acceptors (Lipinski definition) is 6. The Hall–Kier alpha value is -2.35. The fraction of sp³-hybridized carbons (Fsp3) is 0.650. The topological polar surface area (TPSA) is 102 Å². The SMILES string of the molecule is CC(C)(C)OC(=O)NCCCCNCc1ncccc1NC(=O)OC(C)(C)C. The molecule has 0 saturated heterocycles. The van der Waals surface area contributed by atoms with E-state index >= 15 is 0 Å². The van der Waals surface area contributed by atoms with Crippen LogP contribution in [0.25, 0.3) is 0 Å². The summed E-state index contributed by atoms with van der Waals surface area (Å²) in [5.41, 5.74) is 0.313. The maximum atomic E-state index is 11.9. The van der Waals surface area contributed by atoms with Crippen LogP contribution < -0.4 is 16.0 Å². The van der Waals surface area contributed by atoms with Gasteiger partial charge in [0.15, 0.2) is 0 Å². The number of carbonyl (C=O) groups excluding carboxylic acids is 2. The number of carbonyl (C=O) groups is 2. The van der Waals surface area contributed by atoms with E-state index in [0.29, 0.717) is 18.8 Å². The quantitative estimate of drug-likeness (QED) is 0.579. The fourth-order valence-electron chi connectivity index (χ4n) is 2.19. The number of anilines is 1. The van der Waals surface area contributed by atoms with Gasteiger partial charge in [0.1, 0.15) is 11.2 Å². The van der Waals surface area contributed by atoms with Gasteiger partial charge in [-0.05, 0) is 73.1 Å². The van der Waals surface area contributed by atoms with Gasteiger partial charge < -0.3 is 20.1 Å². The molecule has 2 amide bonds. The molecule has 0 bridgehead atoms. The fourth-order valence-corrected chi connectivity index (χ4v) is 2.19. The van der Waals surface area contributed by atoms with E-state index in [1.807, 2.05) is 41.5 Å². The Balaban J connectivity index is 2.29. The van der Waals surface area contributed by atoms with E-state index in [9.17, 15) is 9.59 Å². The number of pyridine rings is 1. The van der Waals surface area contributed by atoms with Crippen LogP contribution in [-0.4, -0.2) is 41.5 Å². The number of amides is 2. The third-order valence-electron chi connectivity index (χ3n) is 3.27. The second kappa shape index (κ2) is 10.8. The minimum absolute atomic E-state index is 0.396. The lowest BCUT2D eigenvalue weighted by Gasteiger charge is -2.20. The number of alkyl carbamates (subject to hydrolysis) is 1. The molecule has 0 aliphatic rings. The Morgan fingerprint density at radius 3 is 2.21 bits per heavy atom. The van der Waals surface area contributed by atoms with Crippen molar-refractivity contribution in [1.82, 2.24) is 15.6 Å². The van der Waals surface area contributed by atoms with Crippen LogP contribution in [0.4, 0.5) is 15.3 Å². The minimum atomic E-state index is -0.557. The molecule has 1 heterocycles. The number of nitrogens with zero attached hydrogens (tertiary/aromatic N) is 1. The van der Waals surface area contributed by atoms with Crippen molar-refractivity contribution in [3.05, 3.63) is 24.0 Å². The number of ether oxygens (including phenoxy) is 2. The number of aromatic nitrogens is 1. The maximum absolute atomic E-state index is 11.9. The Labute approximate surface area is 167 Å². The first kappa shape index (κ1) is 23.7. The summed E-state index contributed by atoms with van der Waals surface area (Å²) in [6, 6.07) is 3.55. The van der Waals surface area contributed by atoms with E-state index in [0.717, 1.165) is 25.1 Å². The normalized spacial score (nSPS) is 11.6. The average molecular weight is 395 g/mol. The van der Waals surface area contributed by atoms with Gasteiger partial charge >= 0.3 is 12.2 Å². The molecule has 0 aromatic carbocycles. The molecule has 28 heavy (non-hydrogen) atoms. The molecule has 0 aliphatic heterocycles. The molecule has 3 N–H and O–H groups in total. The molecular formula is C20H34N4O4. The molecule has 1 aromatic rings. The third-order valence-corrected chi connectivity index (χ3v) is 3.27. The Bertz CT molecular complexity index is 636. The molecule has 0 saturated carbocycles. The predicted molar refractivity (Wildman–Crippen MR) is 109 cm³/mol. The molecule has 0 aliphatic carbocycles. The predicted octanol–water partition coefficient (Wildman–Crippen LogP) is 3.82. The Morgan fingerprint density at radius 1 is 0.964 bits per heavy atom. The zero-order valence-electron chi connectivity index (χ0n) is 17.8. The lowest BCUT2D eigenvalue weighted by atomic mass is 10.2. The van der Waals surface area contributed by atoms with Crippen molar-refractivity contribution in [2.75, 3.05) is 18.4 Å². The minimum Gasteiger partial charge on any atom is -0.444 e. The van der Waals surface area contributed by atoms with Crippen molar-refractivity contribution in [3.8, 4) is 0 Å². The van der Waals surface area contributed by atoms with Crippen LogP contribution in [0.3, 0.4) is 0 Å². The van der Waals surface area contributed by atoms with Gasteiger partial charge in [0, 0.05) is 19.3 Å². The standard InChI is InChI=1S/C20H34N4O4/c1-19(2,3)27-17(25)23-12-8-7-11-21-14-16-15(10-9-13-22-16)24-18(26)28-20(4,5)6/h9-10,13,21H,7-8,11-12,14H2,1-6H3,(H,23,25)(H,24,26). The Morgan fingerprint density at radius 2 is 1.57 bits per heavy atom. The van der Waals surface area contributed by atoms with Gasteiger partial charge in [0.05, 0.1) is 11.4 Å². The van der Waals surface area contributed by atoms with Gasteiger partial charge in [-0.15, -0.1) is 0 Å². The zero-order valence-corrected chi connectivity index (χ0v) is 17.8. The summed E-state index contributed by atoms with van der Waals surface area (Å²) in [6.07, 6.45) is 2.50. The number of nitrogens with one attached hydrogen (secondary N) is 3. The van der Waals surface area contributed by atoms with E-state index in [2.05, 4.69) is 20.9 Å². The maximum Gasteiger partial charge on any atom is 0.412 e. The van der Waals surface area contributed by atoms with Gasteiger partial charge in [-0.1, -0.05) is 0 Å². The summed E-state index contributed by atoms with van der Waals surface area (Å²) in [5.74, 6) is 0. The van der Waals surface area contributed by atoms with Crippen molar-refractivity contribution in [2.45, 2.75) is 72.1 Å². The second-order valence-electron chi connectivity index (χ2n) is 8.44. The largest absolute Gasteiger partial charge is 0.444 e. The van der Waals surface area contributed by atoms with E-state index in [1.165, 1.54) is 0 Å². The summed E-state index contributed by atoms with van der Waals surface area (Å²) < 4.78 is 10.5. The molecule has 0 fully saturated rings. The lowest BCUT2D eigenvalue weighted by Crippen LogP contribution is -2.33. The molecule has 1 aromatic heterocycles. The van der Waals surface area contributed by atoms with Crippen LogP contribution >= 0.6 is 0 Å². The molecule has 158 valence electrons. The number of hydrogen-bond donors (Lipinski definition) is 3. The summed E-state index contributed by atoms with van der Waals surface area (Å²) in [6.45, 7) is 12.8. The molecule has 1 rings (SSSR count). The molecule has 0 unspecified atom stereocenters. The zero-order chi connectivity index (χ0) is 21.2. The summed E-state index contributed by atoms with van der Waals surface area (Å²) in [5, 5.41) is 8.76. The molecule has 0 spiro atoms. The average Bonchev–Trinajstić information content (AvgIpc) is 2.52. The number of rotatable bonds is 8. The molecule has 8 heteroatoms. The smallest absolute Gasteiger partial charge is 0.412 e. The van der Waals surface area contributed by atoms with Crippen LogP contribution in [0.2, 0.25) is 0 Å². The van der Waals surface area contributed by atoms with Gasteiger partial charge in [0.25, 0.3) is 0 Å². The molecular weight excluding hydrogens is 360 g/mol.